The van der Waals surface area contributed by atoms with Crippen LogP contribution in [0.4, 0.5) is 0 Å². The van der Waals surface area contributed by atoms with Crippen LogP contribution in [0.25, 0.3) is 0 Å². The number of aliphatic hydroxyl groups is 1. The number of carbonyl (C=O) groups excluding carboxylic acids is 5. The largest absolute Gasteiger partial charge is 0.481 e. The van der Waals surface area contributed by atoms with Crippen molar-refractivity contribution < 1.29 is 48.9 Å². The zero-order valence-electron chi connectivity index (χ0n) is 26.3. The van der Waals surface area contributed by atoms with Crippen molar-refractivity contribution in [3.8, 4) is 0 Å². The fourth-order valence-corrected chi connectivity index (χ4v) is 4.83. The van der Waals surface area contributed by atoms with Gasteiger partial charge in [0, 0.05) is 6.54 Å². The van der Waals surface area contributed by atoms with E-state index in [0.29, 0.717) is 25.8 Å². The van der Waals surface area contributed by atoms with Crippen LogP contribution in [0, 0.1) is 5.92 Å². The number of nitrogens with zero attached hydrogens (tertiary/aromatic N) is 1. The molecule has 11 N–H and O–H groups in total. The molecule has 1 aliphatic heterocycles. The highest BCUT2D eigenvalue weighted by Crippen LogP contribution is 2.21. The van der Waals surface area contributed by atoms with Gasteiger partial charge < -0.3 is 53.0 Å². The van der Waals surface area contributed by atoms with Crippen molar-refractivity contribution in [3.05, 3.63) is 0 Å². The lowest BCUT2D eigenvalue weighted by atomic mass is 10.0. The molecule has 1 aliphatic rings. The van der Waals surface area contributed by atoms with Crippen LogP contribution in [0.3, 0.4) is 0 Å². The van der Waals surface area contributed by atoms with Crippen molar-refractivity contribution in [3.63, 3.8) is 0 Å². The number of hydrogen-bond donors (Lipinski definition) is 9. The number of amides is 5. The maximum atomic E-state index is 13.7. The first-order chi connectivity index (χ1) is 21.0. The molecular weight excluding hydrogens is 594 g/mol. The quantitative estimate of drug-likeness (QED) is 0.0654. The second kappa shape index (κ2) is 18.9. The number of likely N-dealkylation sites (tertiary alicyclic amines) is 1. The van der Waals surface area contributed by atoms with Gasteiger partial charge in [0.2, 0.25) is 29.5 Å². The molecular formula is C28H49N7O10. The maximum absolute atomic E-state index is 13.7. The first kappa shape index (κ1) is 39.2. The van der Waals surface area contributed by atoms with E-state index in [4.69, 9.17) is 11.5 Å². The number of aliphatic hydroxyl groups excluding tert-OH is 1. The molecule has 0 saturated carbocycles. The predicted octanol–water partition coefficient (Wildman–Crippen LogP) is -2.62. The third-order valence-corrected chi connectivity index (χ3v) is 7.21. The van der Waals surface area contributed by atoms with Crippen LogP contribution in [0.5, 0.6) is 0 Å². The number of aliphatic carboxylic acids is 2. The second-order valence-electron chi connectivity index (χ2n) is 11.7. The van der Waals surface area contributed by atoms with Gasteiger partial charge in [-0.25, -0.2) is 4.79 Å². The monoisotopic (exact) mass is 643 g/mol. The summed E-state index contributed by atoms with van der Waals surface area (Å²) in [6.45, 7) is 6.62. The van der Waals surface area contributed by atoms with Gasteiger partial charge in [-0.3, -0.25) is 28.8 Å². The van der Waals surface area contributed by atoms with E-state index in [1.165, 1.54) is 18.7 Å². The Labute approximate surface area is 262 Å². The highest BCUT2D eigenvalue weighted by atomic mass is 16.4. The normalized spacial score (nSPS) is 18.6. The number of unbranched alkanes of at least 4 members (excludes halogenated alkanes) is 1. The Morgan fingerprint density at radius 3 is 1.93 bits per heavy atom. The summed E-state index contributed by atoms with van der Waals surface area (Å²) < 4.78 is 0. The lowest BCUT2D eigenvalue weighted by Crippen LogP contribution is -2.59. The number of nitrogens with two attached hydrogens (primary N) is 2. The second-order valence-corrected chi connectivity index (χ2v) is 11.7. The molecule has 0 spiro atoms. The van der Waals surface area contributed by atoms with Crippen molar-refractivity contribution in [2.75, 3.05) is 13.1 Å². The van der Waals surface area contributed by atoms with Crippen LogP contribution in [0.2, 0.25) is 0 Å². The fraction of sp³-hybridized carbons (Fsp3) is 0.750. The summed E-state index contributed by atoms with van der Waals surface area (Å²) in [5.74, 6) is -6.73. The standard InChI is InChI=1S/C28H49N7O10/c1-14(2)12-18(33-25(41)19(13-21(37)38)32-23(39)15(3)30)24(40)31-17(8-5-6-10-29)27(43)35-11-7-9-20(35)26(42)34-22(16(4)36)28(44)45/h14-20,22,36H,5-13,29-30H2,1-4H3,(H,31,40)(H,32,39)(H,33,41)(H,34,42)(H,37,38)(H,44,45)/t15-,16+,17-,18-,19-,20-,22-/m0/s1. The molecule has 1 heterocycles. The Balaban J connectivity index is 3.22. The Morgan fingerprint density at radius 2 is 1.42 bits per heavy atom. The summed E-state index contributed by atoms with van der Waals surface area (Å²) in [5.41, 5.74) is 11.1. The molecule has 0 aliphatic carbocycles. The van der Waals surface area contributed by atoms with Crippen molar-refractivity contribution in [1.29, 1.82) is 0 Å². The summed E-state index contributed by atoms with van der Waals surface area (Å²) in [6, 6.07) is -7.52. The summed E-state index contributed by atoms with van der Waals surface area (Å²) >= 11 is 0. The minimum atomic E-state index is -1.58. The average Bonchev–Trinajstić information content (AvgIpc) is 3.43. The Kier molecular flexibility index (Phi) is 16.4. The van der Waals surface area contributed by atoms with Crippen molar-refractivity contribution in [2.45, 2.75) is 115 Å². The number of carboxylic acid groups (broad SMARTS) is 2. The van der Waals surface area contributed by atoms with Gasteiger partial charge in [0.15, 0.2) is 6.04 Å². The maximum Gasteiger partial charge on any atom is 0.328 e. The van der Waals surface area contributed by atoms with E-state index >= 15 is 0 Å². The summed E-state index contributed by atoms with van der Waals surface area (Å²) in [5, 5.41) is 38.0. The first-order valence-corrected chi connectivity index (χ1v) is 15.1. The van der Waals surface area contributed by atoms with E-state index < -0.39 is 90.3 Å². The Bertz CT molecular complexity index is 1070. The molecule has 0 aromatic carbocycles. The molecule has 1 rings (SSSR count). The molecule has 0 radical (unpaired) electrons. The third-order valence-electron chi connectivity index (χ3n) is 7.21. The molecule has 7 atom stereocenters. The van der Waals surface area contributed by atoms with Gasteiger partial charge in [-0.15, -0.1) is 0 Å². The minimum Gasteiger partial charge on any atom is -0.481 e. The predicted molar refractivity (Wildman–Crippen MR) is 160 cm³/mol. The van der Waals surface area contributed by atoms with E-state index in [1.807, 2.05) is 0 Å². The molecule has 0 unspecified atom stereocenters. The number of hydrogen-bond acceptors (Lipinski definition) is 10. The summed E-state index contributed by atoms with van der Waals surface area (Å²) in [6.07, 6.45) is -0.278. The zero-order chi connectivity index (χ0) is 34.4. The number of rotatable bonds is 19. The summed E-state index contributed by atoms with van der Waals surface area (Å²) in [7, 11) is 0. The van der Waals surface area contributed by atoms with Crippen LogP contribution in [0.1, 0.15) is 72.6 Å². The minimum absolute atomic E-state index is 0.104. The van der Waals surface area contributed by atoms with Gasteiger partial charge in [0.25, 0.3) is 0 Å². The summed E-state index contributed by atoms with van der Waals surface area (Å²) in [4.78, 5) is 89.6. The molecule has 0 aromatic rings. The molecule has 1 saturated heterocycles. The average molecular weight is 644 g/mol. The molecule has 256 valence electrons. The Morgan fingerprint density at radius 1 is 0.844 bits per heavy atom. The number of carbonyl (C=O) groups is 7. The lowest BCUT2D eigenvalue weighted by molar-refractivity contribution is -0.147. The van der Waals surface area contributed by atoms with Gasteiger partial charge in [0.1, 0.15) is 24.2 Å². The van der Waals surface area contributed by atoms with E-state index in [-0.39, 0.29) is 31.7 Å². The van der Waals surface area contributed by atoms with Gasteiger partial charge in [-0.05, 0) is 64.8 Å². The molecule has 0 bridgehead atoms. The van der Waals surface area contributed by atoms with Crippen LogP contribution >= 0.6 is 0 Å². The SMILES string of the molecule is CC(C)C[C@H](NC(=O)[C@H](CC(=O)O)NC(=O)[C@H](C)N)C(=O)N[C@@H](CCCCN)C(=O)N1CCC[C@H]1C(=O)N[C@H](C(=O)O)[C@@H](C)O. The number of nitrogens with one attached hydrogen (secondary N) is 4. The molecule has 5 amide bonds. The fourth-order valence-electron chi connectivity index (χ4n) is 4.83. The van der Waals surface area contributed by atoms with Crippen molar-refractivity contribution in [1.82, 2.24) is 26.2 Å². The van der Waals surface area contributed by atoms with Crippen LogP contribution in [-0.2, 0) is 33.6 Å². The van der Waals surface area contributed by atoms with Gasteiger partial charge >= 0.3 is 11.9 Å². The highest BCUT2D eigenvalue weighted by molar-refractivity contribution is 5.97. The molecule has 0 aromatic heterocycles. The van der Waals surface area contributed by atoms with Gasteiger partial charge in [-0.1, -0.05) is 13.8 Å². The molecule has 45 heavy (non-hydrogen) atoms. The topological polar surface area (TPSA) is 284 Å². The van der Waals surface area contributed by atoms with Crippen molar-refractivity contribution >= 4 is 41.5 Å². The van der Waals surface area contributed by atoms with Crippen LogP contribution < -0.4 is 32.7 Å². The van der Waals surface area contributed by atoms with Gasteiger partial charge in [-0.2, -0.15) is 0 Å². The smallest absolute Gasteiger partial charge is 0.328 e. The lowest BCUT2D eigenvalue weighted by Gasteiger charge is -2.31. The van der Waals surface area contributed by atoms with E-state index in [1.54, 1.807) is 13.8 Å². The van der Waals surface area contributed by atoms with Gasteiger partial charge in [0.05, 0.1) is 18.6 Å². The first-order valence-electron chi connectivity index (χ1n) is 15.1. The molecule has 17 heteroatoms. The van der Waals surface area contributed by atoms with Crippen molar-refractivity contribution in [2.24, 2.45) is 17.4 Å². The molecule has 1 fully saturated rings. The Hall–Kier alpha value is -3.83. The third kappa shape index (κ3) is 13.0. The zero-order valence-corrected chi connectivity index (χ0v) is 26.3. The van der Waals surface area contributed by atoms with Crippen LogP contribution in [-0.4, -0.2) is 117 Å². The highest BCUT2D eigenvalue weighted by Gasteiger charge is 2.40. The number of carboxylic acids is 2. The van der Waals surface area contributed by atoms with E-state index in [0.717, 1.165) is 0 Å². The van der Waals surface area contributed by atoms with E-state index in [9.17, 15) is 48.9 Å². The van der Waals surface area contributed by atoms with Crippen LogP contribution in [0.15, 0.2) is 0 Å². The molecule has 17 nitrogen and oxygen atoms in total. The van der Waals surface area contributed by atoms with E-state index in [2.05, 4.69) is 21.3 Å².